The molecule has 1 N–H and O–H groups in total. The minimum Gasteiger partial charge on any atom is -0.472 e. The summed E-state index contributed by atoms with van der Waals surface area (Å²) in [4.78, 5) is 0. The molecule has 0 aliphatic rings. The van der Waals surface area contributed by atoms with Gasteiger partial charge in [-0.3, -0.25) is 0 Å². The Morgan fingerprint density at radius 3 is 2.47 bits per heavy atom. The zero-order valence-electron chi connectivity index (χ0n) is 9.08. The fourth-order valence-corrected chi connectivity index (χ4v) is 1.68. The van der Waals surface area contributed by atoms with Gasteiger partial charge in [0.05, 0.1) is 12.5 Å². The largest absolute Gasteiger partial charge is 0.472 e. The Morgan fingerprint density at radius 2 is 1.87 bits per heavy atom. The van der Waals surface area contributed by atoms with Crippen molar-refractivity contribution in [1.29, 1.82) is 0 Å². The first kappa shape index (κ1) is 9.84. The van der Waals surface area contributed by atoms with E-state index in [0.29, 0.717) is 0 Å². The quantitative estimate of drug-likeness (QED) is 0.822. The second-order valence-electron chi connectivity index (χ2n) is 3.75. The Kier molecular flexibility index (Phi) is 2.77. The first-order valence-corrected chi connectivity index (χ1v) is 5.08. The molecule has 0 aliphatic heterocycles. The molecule has 0 saturated heterocycles. The maximum atomic E-state index is 5.02. The van der Waals surface area contributed by atoms with Gasteiger partial charge in [-0.2, -0.15) is 0 Å². The minimum atomic E-state index is 0.808. The Hall–Kier alpha value is -1.70. The van der Waals surface area contributed by atoms with Crippen LogP contribution in [0.15, 0.2) is 41.2 Å². The van der Waals surface area contributed by atoms with Crippen molar-refractivity contribution in [2.24, 2.45) is 0 Å². The van der Waals surface area contributed by atoms with Crippen LogP contribution < -0.4 is 5.32 Å². The maximum Gasteiger partial charge on any atom is 0.0952 e. The number of hydrogen-bond donors (Lipinski definition) is 1. The molecule has 2 rings (SSSR count). The van der Waals surface area contributed by atoms with Gasteiger partial charge in [-0.05, 0) is 31.0 Å². The van der Waals surface area contributed by atoms with Crippen molar-refractivity contribution in [2.45, 2.75) is 20.4 Å². The molecule has 2 heteroatoms. The van der Waals surface area contributed by atoms with Crippen LogP contribution in [0.2, 0.25) is 0 Å². The van der Waals surface area contributed by atoms with Crippen LogP contribution in [0.1, 0.15) is 16.7 Å². The highest BCUT2D eigenvalue weighted by molar-refractivity contribution is 5.56. The standard InChI is InChI=1S/C13H15NO/c1-10-4-3-5-11(2)13(10)14-8-12-6-7-15-9-12/h3-7,9,14H,8H2,1-2H3. The van der Waals surface area contributed by atoms with E-state index in [9.17, 15) is 0 Å². The Balaban J connectivity index is 2.11. The highest BCUT2D eigenvalue weighted by Gasteiger charge is 2.01. The molecule has 1 heterocycles. The SMILES string of the molecule is Cc1cccc(C)c1NCc1ccoc1. The predicted octanol–water partition coefficient (Wildman–Crippen LogP) is 3.51. The highest BCUT2D eigenvalue weighted by atomic mass is 16.3. The number of furan rings is 1. The Bertz CT molecular complexity index is 412. The number of anilines is 1. The number of para-hydroxylation sites is 1. The van der Waals surface area contributed by atoms with E-state index in [1.165, 1.54) is 16.8 Å². The molecule has 0 spiro atoms. The molecule has 0 fully saturated rings. The van der Waals surface area contributed by atoms with Gasteiger partial charge in [0.2, 0.25) is 0 Å². The van der Waals surface area contributed by atoms with Crippen LogP contribution >= 0.6 is 0 Å². The summed E-state index contributed by atoms with van der Waals surface area (Å²) in [6, 6.07) is 8.28. The molecule has 15 heavy (non-hydrogen) atoms. The van der Waals surface area contributed by atoms with Crippen molar-refractivity contribution in [1.82, 2.24) is 0 Å². The molecule has 0 bridgehead atoms. The van der Waals surface area contributed by atoms with Gasteiger partial charge in [0.15, 0.2) is 0 Å². The van der Waals surface area contributed by atoms with Crippen LogP contribution in [0.4, 0.5) is 5.69 Å². The van der Waals surface area contributed by atoms with Crippen LogP contribution in [-0.4, -0.2) is 0 Å². The van der Waals surface area contributed by atoms with E-state index in [-0.39, 0.29) is 0 Å². The predicted molar refractivity (Wildman–Crippen MR) is 62.0 cm³/mol. The third-order valence-corrected chi connectivity index (χ3v) is 2.53. The molecule has 2 nitrogen and oxygen atoms in total. The Labute approximate surface area is 89.9 Å². The number of nitrogens with one attached hydrogen (secondary N) is 1. The van der Waals surface area contributed by atoms with E-state index in [1.54, 1.807) is 12.5 Å². The van der Waals surface area contributed by atoms with E-state index in [4.69, 9.17) is 4.42 Å². The molecule has 1 aromatic heterocycles. The lowest BCUT2D eigenvalue weighted by Gasteiger charge is -2.11. The normalized spacial score (nSPS) is 10.3. The number of aryl methyl sites for hydroxylation is 2. The lowest BCUT2D eigenvalue weighted by atomic mass is 10.1. The third kappa shape index (κ3) is 2.21. The van der Waals surface area contributed by atoms with E-state index < -0.39 is 0 Å². The van der Waals surface area contributed by atoms with Gasteiger partial charge in [0.25, 0.3) is 0 Å². The zero-order valence-corrected chi connectivity index (χ0v) is 9.08. The first-order chi connectivity index (χ1) is 7.27. The second-order valence-corrected chi connectivity index (χ2v) is 3.75. The van der Waals surface area contributed by atoms with Crippen LogP contribution in [0, 0.1) is 13.8 Å². The van der Waals surface area contributed by atoms with Crippen LogP contribution in [-0.2, 0) is 6.54 Å². The van der Waals surface area contributed by atoms with Gasteiger partial charge in [-0.15, -0.1) is 0 Å². The van der Waals surface area contributed by atoms with Crippen LogP contribution in [0.5, 0.6) is 0 Å². The van der Waals surface area contributed by atoms with Gasteiger partial charge in [-0.25, -0.2) is 0 Å². The van der Waals surface area contributed by atoms with Gasteiger partial charge in [0.1, 0.15) is 0 Å². The van der Waals surface area contributed by atoms with Crippen molar-refractivity contribution in [3.05, 3.63) is 53.5 Å². The molecular weight excluding hydrogens is 186 g/mol. The molecule has 0 radical (unpaired) electrons. The van der Waals surface area contributed by atoms with Crippen LogP contribution in [0.25, 0.3) is 0 Å². The molecule has 2 aromatic rings. The average Bonchev–Trinajstić information content (AvgIpc) is 2.70. The molecule has 0 atom stereocenters. The molecule has 0 saturated carbocycles. The van der Waals surface area contributed by atoms with Crippen molar-refractivity contribution < 1.29 is 4.42 Å². The molecule has 0 amide bonds. The summed E-state index contributed by atoms with van der Waals surface area (Å²) in [7, 11) is 0. The maximum absolute atomic E-state index is 5.02. The summed E-state index contributed by atoms with van der Waals surface area (Å²) in [5.41, 5.74) is 4.94. The lowest BCUT2D eigenvalue weighted by Crippen LogP contribution is -2.01. The fraction of sp³-hybridized carbons (Fsp3) is 0.231. The topological polar surface area (TPSA) is 25.2 Å². The van der Waals surface area contributed by atoms with Gasteiger partial charge < -0.3 is 9.73 Å². The molecule has 0 unspecified atom stereocenters. The van der Waals surface area contributed by atoms with Gasteiger partial charge in [-0.1, -0.05) is 18.2 Å². The monoisotopic (exact) mass is 201 g/mol. The van der Waals surface area contributed by atoms with Crippen LogP contribution in [0.3, 0.4) is 0 Å². The van der Waals surface area contributed by atoms with E-state index >= 15 is 0 Å². The van der Waals surface area contributed by atoms with E-state index in [1.807, 2.05) is 6.07 Å². The fourth-order valence-electron chi connectivity index (χ4n) is 1.68. The lowest BCUT2D eigenvalue weighted by molar-refractivity contribution is 0.564. The third-order valence-electron chi connectivity index (χ3n) is 2.53. The summed E-state index contributed by atoms with van der Waals surface area (Å²) in [5, 5.41) is 3.42. The number of hydrogen-bond acceptors (Lipinski definition) is 2. The summed E-state index contributed by atoms with van der Waals surface area (Å²) < 4.78 is 5.02. The Morgan fingerprint density at radius 1 is 1.13 bits per heavy atom. The molecule has 1 aromatic carbocycles. The second kappa shape index (κ2) is 4.22. The summed E-state index contributed by atoms with van der Waals surface area (Å²) >= 11 is 0. The average molecular weight is 201 g/mol. The summed E-state index contributed by atoms with van der Waals surface area (Å²) in [6.45, 7) is 5.04. The van der Waals surface area contributed by atoms with Crippen molar-refractivity contribution in [2.75, 3.05) is 5.32 Å². The van der Waals surface area contributed by atoms with E-state index in [2.05, 4.69) is 37.4 Å². The zero-order chi connectivity index (χ0) is 10.7. The van der Waals surface area contributed by atoms with Crippen molar-refractivity contribution >= 4 is 5.69 Å². The number of rotatable bonds is 3. The summed E-state index contributed by atoms with van der Waals surface area (Å²) in [5.74, 6) is 0. The van der Waals surface area contributed by atoms with Crippen molar-refractivity contribution in [3.63, 3.8) is 0 Å². The van der Waals surface area contributed by atoms with E-state index in [0.717, 1.165) is 12.1 Å². The smallest absolute Gasteiger partial charge is 0.0952 e. The molecule has 78 valence electrons. The minimum absolute atomic E-state index is 0.808. The molecular formula is C13H15NO. The van der Waals surface area contributed by atoms with Crippen molar-refractivity contribution in [3.8, 4) is 0 Å². The van der Waals surface area contributed by atoms with Gasteiger partial charge >= 0.3 is 0 Å². The van der Waals surface area contributed by atoms with Gasteiger partial charge in [0, 0.05) is 17.8 Å². The highest BCUT2D eigenvalue weighted by Crippen LogP contribution is 2.20. The number of benzene rings is 1. The molecule has 0 aliphatic carbocycles. The summed E-state index contributed by atoms with van der Waals surface area (Å²) in [6.07, 6.45) is 3.46. The first-order valence-electron chi connectivity index (χ1n) is 5.08.